The average molecular weight is 336 g/mol. The second-order valence-electron chi connectivity index (χ2n) is 5.61. The first-order valence-electron chi connectivity index (χ1n) is 7.70. The molecule has 0 saturated carbocycles. The summed E-state index contributed by atoms with van der Waals surface area (Å²) in [5, 5.41) is 0. The molecule has 1 unspecified atom stereocenters. The van der Waals surface area contributed by atoms with Crippen LogP contribution in [0.15, 0.2) is 54.6 Å². The van der Waals surface area contributed by atoms with Gasteiger partial charge in [-0.15, -0.1) is 0 Å². The Morgan fingerprint density at radius 3 is 2.24 bits per heavy atom. The zero-order chi connectivity index (χ0) is 18.0. The number of ether oxygens (including phenoxy) is 2. The van der Waals surface area contributed by atoms with E-state index in [9.17, 15) is 14.4 Å². The average Bonchev–Trinajstić information content (AvgIpc) is 2.63. The third kappa shape index (κ3) is 2.63. The Balaban J connectivity index is 2.35. The number of methoxy groups -OCH3 is 1. The van der Waals surface area contributed by atoms with E-state index in [1.165, 1.54) is 0 Å². The summed E-state index contributed by atoms with van der Waals surface area (Å²) in [5.41, 5.74) is -0.334. The minimum absolute atomic E-state index is 0.277. The number of carbonyl (C=O) groups excluding carboxylic acids is 3. The molecule has 0 spiro atoms. The molecular formula is C20H16O5. The molecule has 1 aliphatic carbocycles. The highest BCUT2D eigenvalue weighted by Crippen LogP contribution is 2.41. The highest BCUT2D eigenvalue weighted by molar-refractivity contribution is 6.30. The van der Waals surface area contributed by atoms with Gasteiger partial charge in [0.05, 0.1) is 7.11 Å². The molecule has 1 aliphatic rings. The third-order valence-electron chi connectivity index (χ3n) is 4.06. The predicted octanol–water partition coefficient (Wildman–Crippen LogP) is 2.90. The molecule has 5 nitrogen and oxygen atoms in total. The number of ketones is 1. The van der Waals surface area contributed by atoms with Crippen molar-refractivity contribution in [2.45, 2.75) is 12.5 Å². The van der Waals surface area contributed by atoms with Crippen LogP contribution in [0.4, 0.5) is 0 Å². The van der Waals surface area contributed by atoms with Gasteiger partial charge in [0, 0.05) is 18.1 Å². The molecule has 0 bridgehead atoms. The Hall–Kier alpha value is -3.21. The maximum absolute atomic E-state index is 13.2. The fourth-order valence-electron chi connectivity index (χ4n) is 3.01. The van der Waals surface area contributed by atoms with E-state index in [0.29, 0.717) is 16.7 Å². The van der Waals surface area contributed by atoms with Crippen molar-refractivity contribution in [1.82, 2.24) is 0 Å². The molecule has 0 fully saturated rings. The molecule has 0 N–H and O–H groups in total. The van der Waals surface area contributed by atoms with Crippen LogP contribution in [0.1, 0.15) is 28.4 Å². The molecule has 0 heterocycles. The van der Waals surface area contributed by atoms with Crippen LogP contribution in [0.3, 0.4) is 0 Å². The molecule has 5 heteroatoms. The summed E-state index contributed by atoms with van der Waals surface area (Å²) < 4.78 is 10.2. The number of carbonyl (C=O) groups is 3. The van der Waals surface area contributed by atoms with E-state index in [1.54, 1.807) is 54.6 Å². The lowest BCUT2D eigenvalue weighted by molar-refractivity contribution is -0.167. The highest BCUT2D eigenvalue weighted by atomic mass is 16.6. The van der Waals surface area contributed by atoms with Crippen LogP contribution < -0.4 is 0 Å². The normalized spacial score (nSPS) is 18.8. The van der Waals surface area contributed by atoms with Gasteiger partial charge in [-0.2, -0.15) is 0 Å². The minimum atomic E-state index is -2.16. The van der Waals surface area contributed by atoms with Crippen LogP contribution in [0.25, 0.3) is 11.6 Å². The summed E-state index contributed by atoms with van der Waals surface area (Å²) in [4.78, 5) is 37.7. The van der Waals surface area contributed by atoms with E-state index in [-0.39, 0.29) is 5.57 Å². The lowest BCUT2D eigenvalue weighted by Crippen LogP contribution is -2.53. The Labute approximate surface area is 144 Å². The summed E-state index contributed by atoms with van der Waals surface area (Å²) >= 11 is 0. The Morgan fingerprint density at radius 1 is 0.960 bits per heavy atom. The summed E-state index contributed by atoms with van der Waals surface area (Å²) in [5.74, 6) is -2.30. The molecule has 0 aliphatic heterocycles. The fourth-order valence-corrected chi connectivity index (χ4v) is 3.01. The molecule has 2 aromatic carbocycles. The topological polar surface area (TPSA) is 69.7 Å². The number of Topliss-reactive ketones (excluding diaryl/α,β-unsaturated/α-hetero) is 1. The second kappa shape index (κ2) is 6.36. The van der Waals surface area contributed by atoms with Gasteiger partial charge in [0.1, 0.15) is 0 Å². The van der Waals surface area contributed by atoms with Gasteiger partial charge in [0.2, 0.25) is 5.78 Å². The molecule has 3 rings (SSSR count). The van der Waals surface area contributed by atoms with Crippen molar-refractivity contribution in [2.24, 2.45) is 0 Å². The van der Waals surface area contributed by atoms with Crippen molar-refractivity contribution >= 4 is 29.4 Å². The number of rotatable bonds is 3. The zero-order valence-electron chi connectivity index (χ0n) is 13.8. The number of hydrogen-bond donors (Lipinski definition) is 0. The molecular weight excluding hydrogens is 320 g/mol. The summed E-state index contributed by atoms with van der Waals surface area (Å²) in [6, 6.07) is 15.7. The molecule has 2 aromatic rings. The predicted molar refractivity (Wildman–Crippen MR) is 91.6 cm³/mol. The van der Waals surface area contributed by atoms with Crippen molar-refractivity contribution in [3.63, 3.8) is 0 Å². The quantitative estimate of drug-likeness (QED) is 0.637. The summed E-state index contributed by atoms with van der Waals surface area (Å²) in [6.45, 7) is 1.15. The van der Waals surface area contributed by atoms with E-state index in [4.69, 9.17) is 9.47 Å². The maximum Gasteiger partial charge on any atom is 0.363 e. The SMILES string of the molecule is COC(=O)C1(OC(C)=O)C(=O)c2ccccc2C=C1c1ccccc1. The summed E-state index contributed by atoms with van der Waals surface area (Å²) in [6.07, 6.45) is 1.69. The molecule has 0 saturated heterocycles. The smallest absolute Gasteiger partial charge is 0.363 e. The van der Waals surface area contributed by atoms with Gasteiger partial charge < -0.3 is 9.47 Å². The van der Waals surface area contributed by atoms with Crippen LogP contribution >= 0.6 is 0 Å². The monoisotopic (exact) mass is 336 g/mol. The van der Waals surface area contributed by atoms with Crippen LogP contribution in [-0.2, 0) is 19.1 Å². The van der Waals surface area contributed by atoms with Gasteiger partial charge in [-0.3, -0.25) is 9.59 Å². The van der Waals surface area contributed by atoms with Crippen molar-refractivity contribution in [1.29, 1.82) is 0 Å². The van der Waals surface area contributed by atoms with Crippen molar-refractivity contribution in [3.05, 3.63) is 71.3 Å². The molecule has 0 amide bonds. The van der Waals surface area contributed by atoms with Crippen LogP contribution in [0, 0.1) is 0 Å². The molecule has 25 heavy (non-hydrogen) atoms. The van der Waals surface area contributed by atoms with Crippen LogP contribution in [0.2, 0.25) is 0 Å². The van der Waals surface area contributed by atoms with E-state index >= 15 is 0 Å². The van der Waals surface area contributed by atoms with E-state index in [1.807, 2.05) is 6.07 Å². The zero-order valence-corrected chi connectivity index (χ0v) is 13.8. The third-order valence-corrected chi connectivity index (χ3v) is 4.06. The lowest BCUT2D eigenvalue weighted by Gasteiger charge is -2.34. The first-order chi connectivity index (χ1) is 12.0. The van der Waals surface area contributed by atoms with Gasteiger partial charge >= 0.3 is 11.9 Å². The van der Waals surface area contributed by atoms with Crippen LogP contribution in [0.5, 0.6) is 0 Å². The van der Waals surface area contributed by atoms with Gasteiger partial charge in [0.25, 0.3) is 5.60 Å². The second-order valence-corrected chi connectivity index (χ2v) is 5.61. The molecule has 0 radical (unpaired) electrons. The first-order valence-corrected chi connectivity index (χ1v) is 7.70. The largest absolute Gasteiger partial charge is 0.465 e. The van der Waals surface area contributed by atoms with Gasteiger partial charge in [-0.25, -0.2) is 4.79 Å². The number of fused-ring (bicyclic) bond motifs is 1. The first kappa shape index (κ1) is 16.6. The molecule has 0 aromatic heterocycles. The van der Waals surface area contributed by atoms with E-state index in [2.05, 4.69) is 0 Å². The van der Waals surface area contributed by atoms with E-state index in [0.717, 1.165) is 14.0 Å². The Kier molecular flexibility index (Phi) is 4.23. The van der Waals surface area contributed by atoms with E-state index < -0.39 is 23.3 Å². The fraction of sp³-hybridized carbons (Fsp3) is 0.150. The number of esters is 2. The maximum atomic E-state index is 13.2. The standard InChI is InChI=1S/C20H16O5/c1-13(21)25-20(19(23)24-2)17(14-8-4-3-5-9-14)12-15-10-6-7-11-16(15)18(20)22/h3-12H,1-2H3. The van der Waals surface area contributed by atoms with Gasteiger partial charge in [-0.05, 0) is 17.2 Å². The Bertz CT molecular complexity index is 882. The Morgan fingerprint density at radius 2 is 1.60 bits per heavy atom. The van der Waals surface area contributed by atoms with Crippen LogP contribution in [-0.4, -0.2) is 30.4 Å². The molecule has 1 atom stereocenters. The number of hydrogen-bond acceptors (Lipinski definition) is 5. The minimum Gasteiger partial charge on any atom is -0.465 e. The van der Waals surface area contributed by atoms with Crippen molar-refractivity contribution in [2.75, 3.05) is 7.11 Å². The summed E-state index contributed by atoms with van der Waals surface area (Å²) in [7, 11) is 1.16. The van der Waals surface area contributed by atoms with Gasteiger partial charge in [0.15, 0.2) is 0 Å². The van der Waals surface area contributed by atoms with Gasteiger partial charge in [-0.1, -0.05) is 54.6 Å². The van der Waals surface area contributed by atoms with Crippen molar-refractivity contribution < 1.29 is 23.9 Å². The highest BCUT2D eigenvalue weighted by Gasteiger charge is 2.56. The molecule has 126 valence electrons. The van der Waals surface area contributed by atoms with Crippen molar-refractivity contribution in [3.8, 4) is 0 Å². The number of benzene rings is 2. The lowest BCUT2D eigenvalue weighted by atomic mass is 9.75.